The molecule has 0 aliphatic heterocycles. The Morgan fingerprint density at radius 2 is 2.00 bits per heavy atom. The van der Waals surface area contributed by atoms with Crippen LogP contribution in [0.1, 0.15) is 0 Å². The lowest BCUT2D eigenvalue weighted by Crippen LogP contribution is -2.09. The van der Waals surface area contributed by atoms with Crippen molar-refractivity contribution in [3.05, 3.63) is 40.7 Å². The minimum absolute atomic E-state index is 0.100. The summed E-state index contributed by atoms with van der Waals surface area (Å²) in [6.07, 6.45) is 0. The van der Waals surface area contributed by atoms with E-state index in [0.29, 0.717) is 5.89 Å². The highest BCUT2D eigenvalue weighted by molar-refractivity contribution is 5.71. The van der Waals surface area contributed by atoms with Crippen LogP contribution in [0.2, 0.25) is 0 Å². The number of nitrogens with one attached hydrogen (secondary N) is 1. The lowest BCUT2D eigenvalue weighted by atomic mass is 10.2. The second-order valence-electron chi connectivity index (χ2n) is 3.61. The quantitative estimate of drug-likeness (QED) is 0.739. The van der Waals surface area contributed by atoms with E-state index in [1.54, 1.807) is 0 Å². The smallest absolute Gasteiger partial charge is 0.299 e. The van der Waals surface area contributed by atoms with Crippen LogP contribution in [0, 0.1) is 0 Å². The van der Waals surface area contributed by atoms with Crippen LogP contribution in [0.3, 0.4) is 0 Å². The highest BCUT2D eigenvalue weighted by Gasteiger charge is 2.13. The first kappa shape index (κ1) is 10.5. The minimum Gasteiger partial charge on any atom is -0.468 e. The van der Waals surface area contributed by atoms with Crippen molar-refractivity contribution < 1.29 is 9.15 Å². The maximum atomic E-state index is 11.7. The van der Waals surface area contributed by atoms with Crippen molar-refractivity contribution in [1.82, 2.24) is 15.0 Å². The summed E-state index contributed by atoms with van der Waals surface area (Å²) in [5.74, 6) is 0.358. The number of benzene rings is 1. The van der Waals surface area contributed by atoms with Crippen LogP contribution in [0.5, 0.6) is 6.01 Å². The van der Waals surface area contributed by atoms with Gasteiger partial charge in [-0.05, 0) is 12.1 Å². The minimum atomic E-state index is -0.386. The van der Waals surface area contributed by atoms with Crippen molar-refractivity contribution in [2.45, 2.75) is 0 Å². The molecule has 0 aliphatic carbocycles. The van der Waals surface area contributed by atoms with Crippen LogP contribution >= 0.6 is 0 Å². The van der Waals surface area contributed by atoms with Crippen LogP contribution in [0.25, 0.3) is 22.7 Å². The number of fused-ring (bicyclic) bond motifs is 1. The van der Waals surface area contributed by atoms with E-state index in [1.807, 2.05) is 30.3 Å². The standard InChI is InChI=1S/C12H9N3O3/c1-17-12-14-9(16)8-11(15-12)18-10(13-8)7-5-3-2-4-6-7/h2-6H,1H3,(H,14,15,16). The first-order valence-corrected chi connectivity index (χ1v) is 5.28. The number of methoxy groups -OCH3 is 1. The van der Waals surface area contributed by atoms with Gasteiger partial charge < -0.3 is 9.15 Å². The van der Waals surface area contributed by atoms with Crippen molar-refractivity contribution in [3.63, 3.8) is 0 Å². The Balaban J connectivity index is 2.23. The Morgan fingerprint density at radius 3 is 2.72 bits per heavy atom. The molecule has 2 aromatic heterocycles. The van der Waals surface area contributed by atoms with Gasteiger partial charge in [-0.1, -0.05) is 18.2 Å². The molecule has 0 bridgehead atoms. The lowest BCUT2D eigenvalue weighted by Gasteiger charge is -1.94. The zero-order valence-corrected chi connectivity index (χ0v) is 9.51. The maximum Gasteiger partial charge on any atom is 0.299 e. The Kier molecular flexibility index (Phi) is 2.33. The molecular weight excluding hydrogens is 234 g/mol. The molecule has 1 N–H and O–H groups in total. The molecule has 3 aromatic rings. The van der Waals surface area contributed by atoms with E-state index < -0.39 is 0 Å². The average molecular weight is 243 g/mol. The van der Waals surface area contributed by atoms with Crippen molar-refractivity contribution in [3.8, 4) is 17.5 Å². The van der Waals surface area contributed by atoms with Crippen molar-refractivity contribution in [2.75, 3.05) is 7.11 Å². The Labute approximate surface area is 101 Å². The lowest BCUT2D eigenvalue weighted by molar-refractivity contribution is 0.378. The van der Waals surface area contributed by atoms with Gasteiger partial charge in [0.15, 0.2) is 5.52 Å². The monoisotopic (exact) mass is 243 g/mol. The van der Waals surface area contributed by atoms with Gasteiger partial charge in [0.2, 0.25) is 5.89 Å². The van der Waals surface area contributed by atoms with Crippen molar-refractivity contribution >= 4 is 11.2 Å². The second-order valence-corrected chi connectivity index (χ2v) is 3.61. The largest absolute Gasteiger partial charge is 0.468 e. The summed E-state index contributed by atoms with van der Waals surface area (Å²) >= 11 is 0. The van der Waals surface area contributed by atoms with E-state index in [0.717, 1.165) is 5.56 Å². The second kappa shape index (κ2) is 3.99. The first-order valence-electron chi connectivity index (χ1n) is 5.28. The predicted octanol–water partition coefficient (Wildman–Crippen LogP) is 1.59. The SMILES string of the molecule is COc1nc2oc(-c3ccccc3)nc2c(=O)[nH]1. The zero-order valence-electron chi connectivity index (χ0n) is 9.51. The van der Waals surface area contributed by atoms with Gasteiger partial charge >= 0.3 is 0 Å². The summed E-state index contributed by atoms with van der Waals surface area (Å²) in [7, 11) is 1.42. The molecule has 0 unspecified atom stereocenters. The average Bonchev–Trinajstić information content (AvgIpc) is 2.84. The van der Waals surface area contributed by atoms with Gasteiger partial charge in [-0.25, -0.2) is 4.98 Å². The normalized spacial score (nSPS) is 10.7. The van der Waals surface area contributed by atoms with Gasteiger partial charge in [-0.15, -0.1) is 0 Å². The number of oxazole rings is 1. The first-order chi connectivity index (χ1) is 8.78. The Morgan fingerprint density at radius 1 is 1.22 bits per heavy atom. The molecule has 1 aromatic carbocycles. The Hall–Kier alpha value is -2.63. The van der Waals surface area contributed by atoms with Gasteiger partial charge in [-0.3, -0.25) is 9.78 Å². The third-order valence-electron chi connectivity index (χ3n) is 2.46. The maximum absolute atomic E-state index is 11.7. The summed E-state index contributed by atoms with van der Waals surface area (Å²) in [4.78, 5) is 22.3. The number of aromatic amines is 1. The summed E-state index contributed by atoms with van der Waals surface area (Å²) in [6, 6.07) is 9.40. The third kappa shape index (κ3) is 1.64. The van der Waals surface area contributed by atoms with Gasteiger partial charge in [0.25, 0.3) is 17.3 Å². The van der Waals surface area contributed by atoms with E-state index in [9.17, 15) is 4.79 Å². The zero-order chi connectivity index (χ0) is 12.5. The van der Waals surface area contributed by atoms with E-state index in [-0.39, 0.29) is 22.8 Å². The summed E-state index contributed by atoms with van der Waals surface area (Å²) in [5, 5.41) is 0. The van der Waals surface area contributed by atoms with Crippen LogP contribution < -0.4 is 10.3 Å². The summed E-state index contributed by atoms with van der Waals surface area (Å²) in [6.45, 7) is 0. The fraction of sp³-hybridized carbons (Fsp3) is 0.0833. The molecular formula is C12H9N3O3. The molecule has 0 aliphatic rings. The molecule has 0 radical (unpaired) electrons. The topological polar surface area (TPSA) is 81.0 Å². The third-order valence-corrected chi connectivity index (χ3v) is 2.46. The predicted molar refractivity (Wildman–Crippen MR) is 64.4 cm³/mol. The molecule has 0 spiro atoms. The number of nitrogens with zero attached hydrogens (tertiary/aromatic N) is 2. The van der Waals surface area contributed by atoms with Crippen molar-refractivity contribution in [1.29, 1.82) is 0 Å². The van der Waals surface area contributed by atoms with E-state index >= 15 is 0 Å². The molecule has 0 saturated carbocycles. The highest BCUT2D eigenvalue weighted by Crippen LogP contribution is 2.21. The van der Waals surface area contributed by atoms with Gasteiger partial charge in [0, 0.05) is 5.56 Å². The summed E-state index contributed by atoms with van der Waals surface area (Å²) < 4.78 is 10.3. The van der Waals surface area contributed by atoms with Gasteiger partial charge in [0.1, 0.15) is 0 Å². The van der Waals surface area contributed by atoms with Crippen LogP contribution in [0.4, 0.5) is 0 Å². The molecule has 0 saturated heterocycles. The van der Waals surface area contributed by atoms with Crippen LogP contribution in [-0.2, 0) is 0 Å². The van der Waals surface area contributed by atoms with E-state index in [1.165, 1.54) is 7.11 Å². The van der Waals surface area contributed by atoms with E-state index in [2.05, 4.69) is 15.0 Å². The number of rotatable bonds is 2. The molecule has 90 valence electrons. The van der Waals surface area contributed by atoms with Gasteiger partial charge in [-0.2, -0.15) is 4.98 Å². The number of hydrogen-bond acceptors (Lipinski definition) is 5. The summed E-state index contributed by atoms with van der Waals surface area (Å²) in [5.41, 5.74) is 0.723. The molecule has 6 heteroatoms. The van der Waals surface area contributed by atoms with Crippen LogP contribution in [-0.4, -0.2) is 22.1 Å². The number of H-pyrrole nitrogens is 1. The number of ether oxygens (including phenoxy) is 1. The highest BCUT2D eigenvalue weighted by atomic mass is 16.5. The molecule has 0 atom stereocenters. The molecule has 6 nitrogen and oxygen atoms in total. The number of aromatic nitrogens is 3. The molecule has 18 heavy (non-hydrogen) atoms. The van der Waals surface area contributed by atoms with Crippen molar-refractivity contribution in [2.24, 2.45) is 0 Å². The van der Waals surface area contributed by atoms with E-state index in [4.69, 9.17) is 9.15 Å². The molecule has 0 fully saturated rings. The van der Waals surface area contributed by atoms with Crippen LogP contribution in [0.15, 0.2) is 39.5 Å². The molecule has 0 amide bonds. The van der Waals surface area contributed by atoms with Gasteiger partial charge in [0.05, 0.1) is 7.11 Å². The molecule has 2 heterocycles. The number of hydrogen-bond donors (Lipinski definition) is 1. The molecule has 3 rings (SSSR count). The fourth-order valence-electron chi connectivity index (χ4n) is 1.61. The fourth-order valence-corrected chi connectivity index (χ4v) is 1.61. The Bertz CT molecular complexity index is 746.